The highest BCUT2D eigenvalue weighted by atomic mass is 32.2. The van der Waals surface area contributed by atoms with E-state index in [1.165, 1.54) is 21.9 Å². The van der Waals surface area contributed by atoms with Gasteiger partial charge in [-0.1, -0.05) is 24.3 Å². The van der Waals surface area contributed by atoms with Crippen LogP contribution in [0.2, 0.25) is 0 Å². The van der Waals surface area contributed by atoms with Gasteiger partial charge in [-0.25, -0.2) is 18.4 Å². The van der Waals surface area contributed by atoms with Crippen molar-refractivity contribution in [1.82, 2.24) is 14.3 Å². The number of amides is 1. The number of hydrogen-bond donors (Lipinski definition) is 1. The molecule has 4 rings (SSSR count). The first-order valence-electron chi connectivity index (χ1n) is 10.4. The number of pyridine rings is 1. The largest absolute Gasteiger partial charge is 0.380 e. The first-order chi connectivity index (χ1) is 15.8. The highest BCUT2D eigenvalue weighted by molar-refractivity contribution is 7.88. The van der Waals surface area contributed by atoms with E-state index in [0.29, 0.717) is 37.9 Å². The van der Waals surface area contributed by atoms with Crippen LogP contribution < -0.4 is 10.2 Å². The molecule has 0 radical (unpaired) electrons. The molecule has 33 heavy (non-hydrogen) atoms. The lowest BCUT2D eigenvalue weighted by molar-refractivity contribution is 0.102. The fourth-order valence-corrected chi connectivity index (χ4v) is 5.19. The Kier molecular flexibility index (Phi) is 7.03. The van der Waals surface area contributed by atoms with E-state index in [-0.39, 0.29) is 11.6 Å². The number of piperazine rings is 1. The summed E-state index contributed by atoms with van der Waals surface area (Å²) in [4.78, 5) is 23.6. The van der Waals surface area contributed by atoms with Crippen LogP contribution in [0.4, 0.5) is 10.8 Å². The molecule has 0 aliphatic carbocycles. The highest BCUT2D eigenvalue weighted by Gasteiger charge is 2.23. The van der Waals surface area contributed by atoms with Gasteiger partial charge in [-0.2, -0.15) is 4.31 Å². The van der Waals surface area contributed by atoms with Crippen molar-refractivity contribution in [2.45, 2.75) is 6.61 Å². The summed E-state index contributed by atoms with van der Waals surface area (Å²) in [6.45, 7) is 2.50. The number of aromatic nitrogens is 2. The monoisotopic (exact) mass is 487 g/mol. The smallest absolute Gasteiger partial charge is 0.276 e. The third kappa shape index (κ3) is 5.56. The molecular weight excluding hydrogens is 462 g/mol. The molecule has 0 spiro atoms. The minimum Gasteiger partial charge on any atom is -0.380 e. The van der Waals surface area contributed by atoms with Gasteiger partial charge in [0.25, 0.3) is 5.91 Å². The number of rotatable bonds is 7. The maximum Gasteiger partial charge on any atom is 0.276 e. The number of anilines is 2. The quantitative estimate of drug-likeness (QED) is 0.546. The third-order valence-electron chi connectivity index (χ3n) is 5.37. The van der Waals surface area contributed by atoms with Gasteiger partial charge in [0.15, 0.2) is 5.13 Å². The standard InChI is InChI=1S/C22H25N5O4S2/c1-31-14-16-5-3-4-6-18(16)20-15-32-22(24-20)25-21(28)19-8-7-17(13-23-19)26-9-11-27(12-10-26)33(2,29)30/h3-8,13,15H,9-12,14H2,1-2H3,(H,24,25,28). The van der Waals surface area contributed by atoms with Crippen molar-refractivity contribution in [3.63, 3.8) is 0 Å². The van der Waals surface area contributed by atoms with Crippen molar-refractivity contribution in [2.75, 3.05) is 49.8 Å². The Hall–Kier alpha value is -2.86. The van der Waals surface area contributed by atoms with Gasteiger partial charge in [0, 0.05) is 44.2 Å². The number of sulfonamides is 1. The lowest BCUT2D eigenvalue weighted by Crippen LogP contribution is -2.48. The van der Waals surface area contributed by atoms with E-state index in [4.69, 9.17) is 4.74 Å². The second kappa shape index (κ2) is 9.96. The minimum atomic E-state index is -3.17. The Labute approximate surface area is 197 Å². The van der Waals surface area contributed by atoms with Crippen LogP contribution in [0.5, 0.6) is 0 Å². The summed E-state index contributed by atoms with van der Waals surface area (Å²) in [5.41, 5.74) is 3.91. The van der Waals surface area contributed by atoms with Crippen LogP contribution in [-0.4, -0.2) is 68.1 Å². The third-order valence-corrected chi connectivity index (χ3v) is 7.43. The van der Waals surface area contributed by atoms with Crippen LogP contribution in [0.25, 0.3) is 11.3 Å². The van der Waals surface area contributed by atoms with Crippen LogP contribution in [0.3, 0.4) is 0 Å². The van der Waals surface area contributed by atoms with E-state index in [1.807, 2.05) is 35.7 Å². The number of nitrogens with zero attached hydrogens (tertiary/aromatic N) is 4. The molecule has 0 atom stereocenters. The average Bonchev–Trinajstić information content (AvgIpc) is 3.27. The van der Waals surface area contributed by atoms with Gasteiger partial charge in [0.1, 0.15) is 5.69 Å². The molecule has 11 heteroatoms. The number of hydrogen-bond acceptors (Lipinski definition) is 8. The number of carbonyl (C=O) groups excluding carboxylic acids is 1. The summed E-state index contributed by atoms with van der Waals surface area (Å²) in [5, 5.41) is 5.20. The Balaban J connectivity index is 1.39. The molecule has 0 unspecified atom stereocenters. The zero-order valence-electron chi connectivity index (χ0n) is 18.4. The van der Waals surface area contributed by atoms with Crippen LogP contribution in [-0.2, 0) is 21.4 Å². The molecule has 174 valence electrons. The molecule has 1 amide bonds. The zero-order chi connectivity index (χ0) is 23.4. The molecule has 0 bridgehead atoms. The van der Waals surface area contributed by atoms with Crippen molar-refractivity contribution >= 4 is 38.1 Å². The van der Waals surface area contributed by atoms with Gasteiger partial charge in [0.2, 0.25) is 10.0 Å². The van der Waals surface area contributed by atoms with E-state index < -0.39 is 10.0 Å². The zero-order valence-corrected chi connectivity index (χ0v) is 20.0. The van der Waals surface area contributed by atoms with Crippen molar-refractivity contribution in [3.8, 4) is 11.3 Å². The summed E-state index contributed by atoms with van der Waals surface area (Å²) in [7, 11) is -1.52. The van der Waals surface area contributed by atoms with Crippen LogP contribution >= 0.6 is 11.3 Å². The van der Waals surface area contributed by atoms with Gasteiger partial charge >= 0.3 is 0 Å². The summed E-state index contributed by atoms with van der Waals surface area (Å²) >= 11 is 1.35. The maximum atomic E-state index is 12.7. The number of nitrogens with one attached hydrogen (secondary N) is 1. The first kappa shape index (κ1) is 23.3. The van der Waals surface area contributed by atoms with Crippen molar-refractivity contribution in [1.29, 1.82) is 0 Å². The highest BCUT2D eigenvalue weighted by Crippen LogP contribution is 2.28. The van der Waals surface area contributed by atoms with Gasteiger partial charge in [0.05, 0.1) is 30.4 Å². The molecule has 3 aromatic rings. The molecule has 3 heterocycles. The lowest BCUT2D eigenvalue weighted by Gasteiger charge is -2.34. The molecule has 1 aliphatic rings. The molecule has 1 N–H and O–H groups in total. The number of methoxy groups -OCH3 is 1. The number of carbonyl (C=O) groups is 1. The minimum absolute atomic E-state index is 0.282. The molecule has 1 saturated heterocycles. The number of ether oxygens (including phenoxy) is 1. The van der Waals surface area contributed by atoms with Gasteiger partial charge in [-0.15, -0.1) is 11.3 Å². The molecule has 1 fully saturated rings. The number of benzene rings is 1. The second-order valence-electron chi connectivity index (χ2n) is 7.63. The Morgan fingerprint density at radius 1 is 1.15 bits per heavy atom. The topological polar surface area (TPSA) is 105 Å². The predicted octanol–water partition coefficient (Wildman–Crippen LogP) is 2.69. The van der Waals surface area contributed by atoms with Gasteiger partial charge in [-0.05, 0) is 17.7 Å². The lowest BCUT2D eigenvalue weighted by atomic mass is 10.1. The summed E-state index contributed by atoms with van der Waals surface area (Å²) < 4.78 is 30.1. The molecule has 0 saturated carbocycles. The molecule has 9 nitrogen and oxygen atoms in total. The second-order valence-corrected chi connectivity index (χ2v) is 10.5. The van der Waals surface area contributed by atoms with Crippen LogP contribution in [0, 0.1) is 0 Å². The summed E-state index contributed by atoms with van der Waals surface area (Å²) in [6.07, 6.45) is 2.86. The van der Waals surface area contributed by atoms with E-state index in [0.717, 1.165) is 22.5 Å². The Morgan fingerprint density at radius 2 is 1.91 bits per heavy atom. The van der Waals surface area contributed by atoms with Crippen molar-refractivity contribution < 1.29 is 17.9 Å². The molecular formula is C22H25N5O4S2. The van der Waals surface area contributed by atoms with E-state index in [1.54, 1.807) is 19.4 Å². The Bertz CT molecular complexity index is 1220. The van der Waals surface area contributed by atoms with Gasteiger partial charge in [-0.3, -0.25) is 10.1 Å². The fraction of sp³-hybridized carbons (Fsp3) is 0.318. The number of thiazole rings is 1. The normalized spacial score (nSPS) is 14.9. The van der Waals surface area contributed by atoms with Crippen LogP contribution in [0.1, 0.15) is 16.1 Å². The maximum absolute atomic E-state index is 12.7. The van der Waals surface area contributed by atoms with Gasteiger partial charge < -0.3 is 9.64 Å². The summed E-state index contributed by atoms with van der Waals surface area (Å²) in [6, 6.07) is 11.3. The van der Waals surface area contributed by atoms with E-state index in [2.05, 4.69) is 20.2 Å². The summed E-state index contributed by atoms with van der Waals surface area (Å²) in [5.74, 6) is -0.338. The molecule has 2 aromatic heterocycles. The van der Waals surface area contributed by atoms with Crippen LogP contribution in [0.15, 0.2) is 48.0 Å². The molecule has 1 aliphatic heterocycles. The van der Waals surface area contributed by atoms with Crippen molar-refractivity contribution in [2.24, 2.45) is 0 Å². The molecule has 1 aromatic carbocycles. The first-order valence-corrected chi connectivity index (χ1v) is 13.1. The fourth-order valence-electron chi connectivity index (χ4n) is 3.65. The van der Waals surface area contributed by atoms with E-state index >= 15 is 0 Å². The SMILES string of the molecule is COCc1ccccc1-c1csc(NC(=O)c2ccc(N3CCN(S(C)(=O)=O)CC3)cn2)n1. The van der Waals surface area contributed by atoms with E-state index in [9.17, 15) is 13.2 Å². The average molecular weight is 488 g/mol. The van der Waals surface area contributed by atoms with Crippen molar-refractivity contribution in [3.05, 3.63) is 59.2 Å². The predicted molar refractivity (Wildman–Crippen MR) is 129 cm³/mol. The Morgan fingerprint density at radius 3 is 2.58 bits per heavy atom.